The van der Waals surface area contributed by atoms with Gasteiger partial charge in [-0.05, 0) is 44.0 Å². The third kappa shape index (κ3) is 2.56. The molecule has 1 aromatic rings. The third-order valence-corrected chi connectivity index (χ3v) is 3.73. The molecule has 1 aliphatic rings. The highest BCUT2D eigenvalue weighted by molar-refractivity contribution is 5.95. The standard InChI is InChI=1S/C15H22N2O/c1-4-17(13-7-5-6-11(2)8-13)15(18)14-10-16-9-12(14)3/h5-8,12,14,16H,4,9-10H2,1-3H3/t12-,14-/m1/s1. The summed E-state index contributed by atoms with van der Waals surface area (Å²) in [6.45, 7) is 8.72. The topological polar surface area (TPSA) is 32.3 Å². The molecule has 0 spiro atoms. The molecule has 1 aliphatic heterocycles. The van der Waals surface area contributed by atoms with Gasteiger partial charge in [0, 0.05) is 18.8 Å². The van der Waals surface area contributed by atoms with Crippen LogP contribution >= 0.6 is 0 Å². The van der Waals surface area contributed by atoms with Crippen molar-refractivity contribution in [2.75, 3.05) is 24.5 Å². The smallest absolute Gasteiger partial charge is 0.231 e. The lowest BCUT2D eigenvalue weighted by Crippen LogP contribution is -2.38. The highest BCUT2D eigenvalue weighted by atomic mass is 16.2. The first-order valence-corrected chi connectivity index (χ1v) is 6.72. The number of hydrogen-bond donors (Lipinski definition) is 1. The molecule has 1 heterocycles. The number of aryl methyl sites for hydroxylation is 1. The molecule has 0 radical (unpaired) electrons. The highest BCUT2D eigenvalue weighted by Crippen LogP contribution is 2.23. The molecular weight excluding hydrogens is 224 g/mol. The van der Waals surface area contributed by atoms with Crippen molar-refractivity contribution in [2.24, 2.45) is 11.8 Å². The van der Waals surface area contributed by atoms with Crippen LogP contribution in [0.15, 0.2) is 24.3 Å². The SMILES string of the molecule is CCN(C(=O)[C@@H]1CNC[C@H]1C)c1cccc(C)c1. The van der Waals surface area contributed by atoms with Crippen LogP contribution in [0.5, 0.6) is 0 Å². The zero-order chi connectivity index (χ0) is 13.1. The van der Waals surface area contributed by atoms with E-state index in [1.165, 1.54) is 5.56 Å². The molecule has 1 N–H and O–H groups in total. The van der Waals surface area contributed by atoms with Crippen LogP contribution in [0.4, 0.5) is 5.69 Å². The molecule has 18 heavy (non-hydrogen) atoms. The largest absolute Gasteiger partial charge is 0.316 e. The fourth-order valence-corrected chi connectivity index (χ4v) is 2.60. The summed E-state index contributed by atoms with van der Waals surface area (Å²) in [7, 11) is 0. The van der Waals surface area contributed by atoms with E-state index in [9.17, 15) is 4.79 Å². The average molecular weight is 246 g/mol. The van der Waals surface area contributed by atoms with Gasteiger partial charge in [-0.2, -0.15) is 0 Å². The van der Waals surface area contributed by atoms with Crippen LogP contribution in [-0.4, -0.2) is 25.5 Å². The number of carbonyl (C=O) groups is 1. The van der Waals surface area contributed by atoms with Gasteiger partial charge in [0.05, 0.1) is 5.92 Å². The van der Waals surface area contributed by atoms with Gasteiger partial charge in [-0.15, -0.1) is 0 Å². The molecule has 1 aromatic carbocycles. The Morgan fingerprint density at radius 1 is 1.44 bits per heavy atom. The number of nitrogens with zero attached hydrogens (tertiary/aromatic N) is 1. The molecular formula is C15H22N2O. The fourth-order valence-electron chi connectivity index (χ4n) is 2.60. The van der Waals surface area contributed by atoms with Crippen molar-refractivity contribution in [1.29, 1.82) is 0 Å². The zero-order valence-corrected chi connectivity index (χ0v) is 11.4. The lowest BCUT2D eigenvalue weighted by molar-refractivity contribution is -0.122. The molecule has 2 atom stereocenters. The summed E-state index contributed by atoms with van der Waals surface area (Å²) in [5, 5.41) is 3.30. The van der Waals surface area contributed by atoms with Crippen LogP contribution in [0, 0.1) is 18.8 Å². The van der Waals surface area contributed by atoms with Crippen LogP contribution in [-0.2, 0) is 4.79 Å². The molecule has 0 bridgehead atoms. The molecule has 1 saturated heterocycles. The average Bonchev–Trinajstić information content (AvgIpc) is 2.76. The maximum Gasteiger partial charge on any atom is 0.231 e. The fraction of sp³-hybridized carbons (Fsp3) is 0.533. The van der Waals surface area contributed by atoms with Gasteiger partial charge in [0.15, 0.2) is 0 Å². The molecule has 0 aromatic heterocycles. The van der Waals surface area contributed by atoms with Gasteiger partial charge in [-0.1, -0.05) is 19.1 Å². The molecule has 0 unspecified atom stereocenters. The van der Waals surface area contributed by atoms with Crippen molar-refractivity contribution in [3.8, 4) is 0 Å². The normalized spacial score (nSPS) is 23.1. The first kappa shape index (κ1) is 13.1. The molecule has 2 rings (SSSR count). The van der Waals surface area contributed by atoms with Crippen molar-refractivity contribution in [3.05, 3.63) is 29.8 Å². The van der Waals surface area contributed by atoms with E-state index >= 15 is 0 Å². The predicted molar refractivity (Wildman–Crippen MR) is 74.7 cm³/mol. The zero-order valence-electron chi connectivity index (χ0n) is 11.4. The number of benzene rings is 1. The summed E-state index contributed by atoms with van der Waals surface area (Å²) in [5.41, 5.74) is 2.21. The number of hydrogen-bond acceptors (Lipinski definition) is 2. The quantitative estimate of drug-likeness (QED) is 0.887. The molecule has 1 amide bonds. The minimum atomic E-state index is 0.116. The summed E-state index contributed by atoms with van der Waals surface area (Å²) in [5.74, 6) is 0.794. The summed E-state index contributed by atoms with van der Waals surface area (Å²) in [6, 6.07) is 8.16. The van der Waals surface area contributed by atoms with Crippen LogP contribution in [0.25, 0.3) is 0 Å². The van der Waals surface area contributed by atoms with Crippen molar-refractivity contribution in [1.82, 2.24) is 5.32 Å². The summed E-state index contributed by atoms with van der Waals surface area (Å²) < 4.78 is 0. The first-order chi connectivity index (χ1) is 8.63. The lowest BCUT2D eigenvalue weighted by Gasteiger charge is -2.26. The monoisotopic (exact) mass is 246 g/mol. The van der Waals surface area contributed by atoms with Crippen LogP contribution in [0.2, 0.25) is 0 Å². The van der Waals surface area contributed by atoms with Gasteiger partial charge in [0.2, 0.25) is 5.91 Å². The number of carbonyl (C=O) groups excluding carboxylic acids is 1. The Bertz CT molecular complexity index is 430. The van der Waals surface area contributed by atoms with Gasteiger partial charge >= 0.3 is 0 Å². The Hall–Kier alpha value is -1.35. The van der Waals surface area contributed by atoms with E-state index in [1.807, 2.05) is 24.0 Å². The number of amides is 1. The van der Waals surface area contributed by atoms with E-state index in [4.69, 9.17) is 0 Å². The van der Waals surface area contributed by atoms with Crippen LogP contribution < -0.4 is 10.2 Å². The van der Waals surface area contributed by atoms with Crippen LogP contribution in [0.3, 0.4) is 0 Å². The maximum atomic E-state index is 12.6. The Kier molecular flexibility index (Phi) is 4.02. The van der Waals surface area contributed by atoms with E-state index < -0.39 is 0 Å². The van der Waals surface area contributed by atoms with Gasteiger partial charge in [0.25, 0.3) is 0 Å². The van der Waals surface area contributed by atoms with Crippen molar-refractivity contribution in [3.63, 3.8) is 0 Å². The van der Waals surface area contributed by atoms with Crippen molar-refractivity contribution >= 4 is 11.6 Å². The van der Waals surface area contributed by atoms with Crippen molar-refractivity contribution in [2.45, 2.75) is 20.8 Å². The van der Waals surface area contributed by atoms with E-state index in [2.05, 4.69) is 31.3 Å². The van der Waals surface area contributed by atoms with Gasteiger partial charge in [0.1, 0.15) is 0 Å². The van der Waals surface area contributed by atoms with Crippen molar-refractivity contribution < 1.29 is 4.79 Å². The van der Waals surface area contributed by atoms with Gasteiger partial charge < -0.3 is 10.2 Å². The Morgan fingerprint density at radius 3 is 2.78 bits per heavy atom. The van der Waals surface area contributed by atoms with Gasteiger partial charge in [-0.3, -0.25) is 4.79 Å². The number of nitrogens with one attached hydrogen (secondary N) is 1. The third-order valence-electron chi connectivity index (χ3n) is 3.73. The molecule has 3 nitrogen and oxygen atoms in total. The predicted octanol–water partition coefficient (Wildman–Crippen LogP) is 2.20. The lowest BCUT2D eigenvalue weighted by atomic mass is 9.96. The summed E-state index contributed by atoms with van der Waals surface area (Å²) in [6.07, 6.45) is 0. The summed E-state index contributed by atoms with van der Waals surface area (Å²) >= 11 is 0. The van der Waals surface area contributed by atoms with Crippen LogP contribution in [0.1, 0.15) is 19.4 Å². The highest BCUT2D eigenvalue weighted by Gasteiger charge is 2.32. The molecule has 0 aliphatic carbocycles. The molecule has 3 heteroatoms. The maximum absolute atomic E-state index is 12.6. The second kappa shape index (κ2) is 5.53. The minimum absolute atomic E-state index is 0.116. The molecule has 1 fully saturated rings. The Balaban J connectivity index is 2.20. The van der Waals surface area contributed by atoms with Gasteiger partial charge in [-0.25, -0.2) is 0 Å². The van der Waals surface area contributed by atoms with E-state index in [1.54, 1.807) is 0 Å². The minimum Gasteiger partial charge on any atom is -0.316 e. The van der Waals surface area contributed by atoms with E-state index in [0.717, 1.165) is 25.3 Å². The first-order valence-electron chi connectivity index (χ1n) is 6.72. The van der Waals surface area contributed by atoms with E-state index in [0.29, 0.717) is 5.92 Å². The Morgan fingerprint density at radius 2 is 2.22 bits per heavy atom. The summed E-state index contributed by atoms with van der Waals surface area (Å²) in [4.78, 5) is 14.5. The molecule has 98 valence electrons. The second-order valence-corrected chi connectivity index (χ2v) is 5.16. The second-order valence-electron chi connectivity index (χ2n) is 5.16. The van der Waals surface area contributed by atoms with E-state index in [-0.39, 0.29) is 11.8 Å². The molecule has 0 saturated carbocycles. The number of anilines is 1. The number of rotatable bonds is 3. The Labute approximate surface area is 109 Å².